The first-order chi connectivity index (χ1) is 15.9. The van der Waals surface area contributed by atoms with E-state index in [0.717, 1.165) is 24.2 Å². The highest BCUT2D eigenvalue weighted by molar-refractivity contribution is 7.20. The first-order valence-corrected chi connectivity index (χ1v) is 11.9. The van der Waals surface area contributed by atoms with Gasteiger partial charge in [-0.05, 0) is 43.4 Å². The van der Waals surface area contributed by atoms with Gasteiger partial charge in [-0.2, -0.15) is 0 Å². The summed E-state index contributed by atoms with van der Waals surface area (Å²) in [6, 6.07) is 9.27. The van der Waals surface area contributed by atoms with E-state index in [1.165, 1.54) is 10.9 Å². The van der Waals surface area contributed by atoms with Crippen LogP contribution in [0.25, 0.3) is 10.2 Å². The summed E-state index contributed by atoms with van der Waals surface area (Å²) in [5.41, 5.74) is 0.203. The van der Waals surface area contributed by atoms with Crippen LogP contribution in [-0.4, -0.2) is 52.6 Å². The summed E-state index contributed by atoms with van der Waals surface area (Å²) in [6.07, 6.45) is 3.33. The maximum atomic E-state index is 13.1. The summed E-state index contributed by atoms with van der Waals surface area (Å²) in [6.45, 7) is 5.57. The molecule has 0 aliphatic carbocycles. The van der Waals surface area contributed by atoms with Gasteiger partial charge >= 0.3 is 5.97 Å². The highest BCUT2D eigenvalue weighted by Crippen LogP contribution is 2.27. The van der Waals surface area contributed by atoms with Crippen molar-refractivity contribution in [3.8, 4) is 5.75 Å². The molecule has 33 heavy (non-hydrogen) atoms. The van der Waals surface area contributed by atoms with E-state index < -0.39 is 5.97 Å². The lowest BCUT2D eigenvalue weighted by molar-refractivity contribution is -0.133. The zero-order chi connectivity index (χ0) is 23.4. The Morgan fingerprint density at radius 2 is 1.88 bits per heavy atom. The second-order valence-electron chi connectivity index (χ2n) is 8.27. The van der Waals surface area contributed by atoms with Crippen molar-refractivity contribution in [2.24, 2.45) is 5.92 Å². The van der Waals surface area contributed by atoms with Gasteiger partial charge in [0.25, 0.3) is 5.56 Å². The van der Waals surface area contributed by atoms with Crippen molar-refractivity contribution in [3.05, 3.63) is 57.5 Å². The number of aromatic nitrogens is 2. The van der Waals surface area contributed by atoms with Gasteiger partial charge in [0, 0.05) is 13.1 Å². The van der Waals surface area contributed by atoms with Gasteiger partial charge < -0.3 is 14.4 Å². The average Bonchev–Trinajstić information content (AvgIpc) is 3.16. The fraction of sp³-hybridized carbons (Fsp3) is 0.417. The lowest BCUT2D eigenvalue weighted by Crippen LogP contribution is -2.41. The molecule has 8 nitrogen and oxygen atoms in total. The smallest absolute Gasteiger partial charge is 0.348 e. The standard InChI is InChI=1S/C24H27N3O5S/c1-16-8-10-26(11-9-16)19(28)14-27-15-25-22-20(23(27)29)17(2)21(33-22)24(30)32-13-12-31-18-6-4-3-5-7-18/h3-7,15-16H,8-14H2,1-2H3. The molecular formula is C24H27N3O5S. The molecule has 0 radical (unpaired) electrons. The summed E-state index contributed by atoms with van der Waals surface area (Å²) in [4.78, 5) is 45.2. The molecule has 0 atom stereocenters. The number of carbonyl (C=O) groups excluding carboxylic acids is 2. The molecule has 2 aromatic heterocycles. The van der Waals surface area contributed by atoms with Gasteiger partial charge in [0.1, 0.15) is 35.2 Å². The number of nitrogens with zero attached hydrogens (tertiary/aromatic N) is 3. The van der Waals surface area contributed by atoms with Gasteiger partial charge in [-0.3, -0.25) is 14.2 Å². The number of esters is 1. The molecule has 1 amide bonds. The van der Waals surface area contributed by atoms with Crippen LogP contribution >= 0.6 is 11.3 Å². The molecule has 0 bridgehead atoms. The normalized spacial score (nSPS) is 14.4. The van der Waals surface area contributed by atoms with E-state index in [1.54, 1.807) is 11.8 Å². The molecule has 1 aliphatic heterocycles. The number of thiophene rings is 1. The number of rotatable bonds is 7. The quantitative estimate of drug-likeness (QED) is 0.390. The molecule has 4 rings (SSSR count). The first-order valence-electron chi connectivity index (χ1n) is 11.1. The topological polar surface area (TPSA) is 90.7 Å². The number of ether oxygens (including phenoxy) is 2. The highest BCUT2D eigenvalue weighted by Gasteiger charge is 2.23. The molecule has 1 saturated heterocycles. The molecule has 1 fully saturated rings. The van der Waals surface area contributed by atoms with Crippen molar-refractivity contribution >= 4 is 33.4 Å². The van der Waals surface area contributed by atoms with Crippen LogP contribution in [0.2, 0.25) is 0 Å². The van der Waals surface area contributed by atoms with Crippen LogP contribution < -0.4 is 10.3 Å². The Hall–Kier alpha value is -3.20. The molecule has 9 heteroatoms. The molecule has 0 spiro atoms. The van der Waals surface area contributed by atoms with E-state index in [4.69, 9.17) is 9.47 Å². The van der Waals surface area contributed by atoms with Crippen molar-refractivity contribution in [1.82, 2.24) is 14.5 Å². The Kier molecular flexibility index (Phi) is 7.08. The number of para-hydroxylation sites is 1. The fourth-order valence-electron chi connectivity index (χ4n) is 3.85. The van der Waals surface area contributed by atoms with Crippen LogP contribution in [-0.2, 0) is 16.1 Å². The zero-order valence-corrected chi connectivity index (χ0v) is 19.6. The predicted octanol–water partition coefficient (Wildman–Crippen LogP) is 3.26. The van der Waals surface area contributed by atoms with Crippen LogP contribution in [0.15, 0.2) is 41.5 Å². The maximum Gasteiger partial charge on any atom is 0.348 e. The van der Waals surface area contributed by atoms with Gasteiger partial charge in [0.05, 0.1) is 11.7 Å². The number of likely N-dealkylation sites (tertiary alicyclic amines) is 1. The minimum atomic E-state index is -0.517. The SMILES string of the molecule is Cc1c(C(=O)OCCOc2ccccc2)sc2ncn(CC(=O)N3CCC(C)CC3)c(=O)c12. The Morgan fingerprint density at radius 1 is 1.15 bits per heavy atom. The van der Waals surface area contributed by atoms with E-state index >= 15 is 0 Å². The number of benzene rings is 1. The van der Waals surface area contributed by atoms with Crippen LogP contribution in [0, 0.1) is 12.8 Å². The number of carbonyl (C=O) groups is 2. The molecule has 0 saturated carbocycles. The number of piperidine rings is 1. The van der Waals surface area contributed by atoms with Crippen molar-refractivity contribution < 1.29 is 19.1 Å². The second-order valence-corrected chi connectivity index (χ2v) is 9.27. The summed E-state index contributed by atoms with van der Waals surface area (Å²) < 4.78 is 12.2. The second kappa shape index (κ2) is 10.2. The average molecular weight is 470 g/mol. The maximum absolute atomic E-state index is 13.1. The number of hydrogen-bond donors (Lipinski definition) is 0. The van der Waals surface area contributed by atoms with E-state index in [2.05, 4.69) is 11.9 Å². The number of amides is 1. The Labute approximate surface area is 195 Å². The van der Waals surface area contributed by atoms with Crippen molar-refractivity contribution in [2.45, 2.75) is 33.2 Å². The molecule has 3 aromatic rings. The van der Waals surface area contributed by atoms with Gasteiger partial charge in [0.2, 0.25) is 5.91 Å². The Bertz CT molecular complexity index is 1200. The monoisotopic (exact) mass is 469 g/mol. The van der Waals surface area contributed by atoms with E-state index in [-0.39, 0.29) is 31.2 Å². The summed E-state index contributed by atoms with van der Waals surface area (Å²) in [7, 11) is 0. The van der Waals surface area contributed by atoms with E-state index in [9.17, 15) is 14.4 Å². The molecule has 174 valence electrons. The molecule has 1 aliphatic rings. The lowest BCUT2D eigenvalue weighted by atomic mass is 9.99. The Balaban J connectivity index is 1.42. The van der Waals surface area contributed by atoms with Crippen LogP contribution in [0.5, 0.6) is 5.75 Å². The third kappa shape index (κ3) is 5.24. The zero-order valence-electron chi connectivity index (χ0n) is 18.8. The van der Waals surface area contributed by atoms with E-state index in [1.807, 2.05) is 30.3 Å². The van der Waals surface area contributed by atoms with Crippen molar-refractivity contribution in [3.63, 3.8) is 0 Å². The highest BCUT2D eigenvalue weighted by atomic mass is 32.1. The minimum Gasteiger partial charge on any atom is -0.490 e. The molecular weight excluding hydrogens is 442 g/mol. The summed E-state index contributed by atoms with van der Waals surface area (Å²) >= 11 is 1.12. The third-order valence-corrected chi connectivity index (χ3v) is 7.05. The number of fused-ring (bicyclic) bond motifs is 1. The largest absolute Gasteiger partial charge is 0.490 e. The minimum absolute atomic E-state index is 0.0535. The van der Waals surface area contributed by atoms with Crippen molar-refractivity contribution in [1.29, 1.82) is 0 Å². The summed E-state index contributed by atoms with van der Waals surface area (Å²) in [5.74, 6) is 0.712. The molecule has 3 heterocycles. The third-order valence-electron chi connectivity index (χ3n) is 5.87. The summed E-state index contributed by atoms with van der Waals surface area (Å²) in [5, 5.41) is 0.357. The lowest BCUT2D eigenvalue weighted by Gasteiger charge is -2.30. The predicted molar refractivity (Wildman–Crippen MR) is 126 cm³/mol. The fourth-order valence-corrected chi connectivity index (χ4v) is 4.88. The van der Waals surface area contributed by atoms with Crippen LogP contribution in [0.1, 0.15) is 35.0 Å². The number of aryl methyl sites for hydroxylation is 1. The van der Waals surface area contributed by atoms with Crippen molar-refractivity contribution in [2.75, 3.05) is 26.3 Å². The molecule has 0 N–H and O–H groups in total. The Morgan fingerprint density at radius 3 is 2.61 bits per heavy atom. The van der Waals surface area contributed by atoms with Crippen LogP contribution in [0.4, 0.5) is 0 Å². The number of hydrogen-bond acceptors (Lipinski definition) is 7. The molecule has 1 aromatic carbocycles. The van der Waals surface area contributed by atoms with Gasteiger partial charge in [-0.25, -0.2) is 9.78 Å². The van der Waals surface area contributed by atoms with Crippen LogP contribution in [0.3, 0.4) is 0 Å². The van der Waals surface area contributed by atoms with Gasteiger partial charge in [-0.15, -0.1) is 11.3 Å². The van der Waals surface area contributed by atoms with Gasteiger partial charge in [0.15, 0.2) is 0 Å². The van der Waals surface area contributed by atoms with E-state index in [0.29, 0.717) is 45.4 Å². The first kappa shape index (κ1) is 23.0. The van der Waals surface area contributed by atoms with Gasteiger partial charge in [-0.1, -0.05) is 25.1 Å². The molecule has 0 unspecified atom stereocenters.